The van der Waals surface area contributed by atoms with Gasteiger partial charge >= 0.3 is 0 Å². The maximum Gasteiger partial charge on any atom is 0.126 e. The first kappa shape index (κ1) is 16.0. The van der Waals surface area contributed by atoms with Crippen molar-refractivity contribution in [1.82, 2.24) is 4.90 Å². The fourth-order valence-corrected chi connectivity index (χ4v) is 3.33. The topological polar surface area (TPSA) is 52.9 Å². The van der Waals surface area contributed by atoms with Crippen molar-refractivity contribution in [3.05, 3.63) is 65.2 Å². The monoisotopic (exact) mass is 313 g/mol. The van der Waals surface area contributed by atoms with Gasteiger partial charge in [-0.05, 0) is 31.3 Å². The van der Waals surface area contributed by atoms with E-state index in [0.717, 1.165) is 11.1 Å². The highest BCUT2D eigenvalue weighted by atomic mass is 16.5. The van der Waals surface area contributed by atoms with Gasteiger partial charge in [-0.15, -0.1) is 0 Å². The third kappa shape index (κ3) is 3.11. The van der Waals surface area contributed by atoms with Gasteiger partial charge in [-0.3, -0.25) is 0 Å². The molecule has 0 saturated carbocycles. The predicted octanol–water partition coefficient (Wildman–Crippen LogP) is 2.13. The van der Waals surface area contributed by atoms with Crippen molar-refractivity contribution in [2.75, 3.05) is 20.6 Å². The third-order valence-corrected chi connectivity index (χ3v) is 4.29. The summed E-state index contributed by atoms with van der Waals surface area (Å²) in [6.07, 6.45) is -0.419. The molecule has 2 aromatic rings. The Morgan fingerprint density at radius 3 is 2.48 bits per heavy atom. The second-order valence-electron chi connectivity index (χ2n) is 6.42. The van der Waals surface area contributed by atoms with Gasteiger partial charge in [0, 0.05) is 18.5 Å². The molecular weight excluding hydrogens is 290 g/mol. The molecule has 122 valence electrons. The zero-order valence-corrected chi connectivity index (χ0v) is 13.6. The third-order valence-electron chi connectivity index (χ3n) is 4.29. The predicted molar refractivity (Wildman–Crippen MR) is 89.4 cm³/mol. The molecule has 1 aliphatic rings. The number of likely N-dealkylation sites (N-methyl/N-ethyl adjacent to an activating group) is 1. The largest absolute Gasteiger partial charge is 0.488 e. The fraction of sp³-hybridized carbons (Fsp3) is 0.368. The number of para-hydroxylation sites is 1. The number of nitrogens with zero attached hydrogens (tertiary/aromatic N) is 1. The first-order valence-electron chi connectivity index (χ1n) is 7.86. The lowest BCUT2D eigenvalue weighted by molar-refractivity contribution is 0.00906. The number of hydrogen-bond acceptors (Lipinski definition) is 4. The average molecular weight is 313 g/mol. The molecule has 0 aliphatic carbocycles. The summed E-state index contributed by atoms with van der Waals surface area (Å²) >= 11 is 0. The van der Waals surface area contributed by atoms with Crippen LogP contribution >= 0.6 is 0 Å². The Morgan fingerprint density at radius 1 is 1.09 bits per heavy atom. The summed E-state index contributed by atoms with van der Waals surface area (Å²) in [6.45, 7) is 0.909. The van der Waals surface area contributed by atoms with Crippen molar-refractivity contribution < 1.29 is 14.9 Å². The van der Waals surface area contributed by atoms with Crippen molar-refractivity contribution in [2.24, 2.45) is 0 Å². The molecule has 0 aromatic heterocycles. The number of fused-ring (bicyclic) bond motifs is 2. The molecule has 0 bridgehead atoms. The summed E-state index contributed by atoms with van der Waals surface area (Å²) in [4.78, 5) is 1.92. The van der Waals surface area contributed by atoms with E-state index in [1.54, 1.807) is 0 Å². The molecule has 4 heteroatoms. The van der Waals surface area contributed by atoms with Crippen LogP contribution in [-0.2, 0) is 12.2 Å². The van der Waals surface area contributed by atoms with Gasteiger partial charge in [0.05, 0.1) is 6.10 Å². The van der Waals surface area contributed by atoms with E-state index in [1.807, 2.05) is 67.5 Å². The van der Waals surface area contributed by atoms with Crippen LogP contribution in [0.3, 0.4) is 0 Å². The average Bonchev–Trinajstić information content (AvgIpc) is 2.63. The zero-order valence-electron chi connectivity index (χ0n) is 13.6. The van der Waals surface area contributed by atoms with E-state index in [-0.39, 0.29) is 6.42 Å². The zero-order chi connectivity index (χ0) is 16.4. The van der Waals surface area contributed by atoms with Crippen molar-refractivity contribution in [2.45, 2.75) is 24.7 Å². The van der Waals surface area contributed by atoms with E-state index >= 15 is 0 Å². The van der Waals surface area contributed by atoms with Crippen molar-refractivity contribution in [3.8, 4) is 5.75 Å². The van der Waals surface area contributed by atoms with Crippen LogP contribution in [0.25, 0.3) is 0 Å². The van der Waals surface area contributed by atoms with Gasteiger partial charge in [-0.1, -0.05) is 42.5 Å². The Bertz CT molecular complexity index is 636. The maximum atomic E-state index is 11.6. The SMILES string of the molecule is CN(C)CC(O)CC1(O)c2ccccc2COc2ccccc21. The first-order valence-corrected chi connectivity index (χ1v) is 7.86. The molecular formula is C19H23NO3. The van der Waals surface area contributed by atoms with Crippen LogP contribution in [-0.4, -0.2) is 41.9 Å². The van der Waals surface area contributed by atoms with Crippen molar-refractivity contribution in [1.29, 1.82) is 0 Å². The molecule has 0 amide bonds. The lowest BCUT2D eigenvalue weighted by Crippen LogP contribution is -2.36. The molecule has 1 aliphatic heterocycles. The summed E-state index contributed by atoms with van der Waals surface area (Å²) < 4.78 is 5.88. The van der Waals surface area contributed by atoms with Gasteiger partial charge < -0.3 is 19.8 Å². The number of hydrogen-bond donors (Lipinski definition) is 2. The van der Waals surface area contributed by atoms with Crippen LogP contribution < -0.4 is 4.74 Å². The molecule has 2 atom stereocenters. The summed E-state index contributed by atoms with van der Waals surface area (Å²) in [6, 6.07) is 15.3. The quantitative estimate of drug-likeness (QED) is 0.908. The summed E-state index contributed by atoms with van der Waals surface area (Å²) in [5.74, 6) is 0.670. The van der Waals surface area contributed by atoms with Gasteiger partial charge in [0.1, 0.15) is 18.0 Å². The molecule has 0 radical (unpaired) electrons. The molecule has 2 aromatic carbocycles. The van der Waals surface area contributed by atoms with Gasteiger partial charge in [-0.2, -0.15) is 0 Å². The number of aliphatic hydroxyl groups excluding tert-OH is 1. The molecule has 2 N–H and O–H groups in total. The van der Waals surface area contributed by atoms with E-state index in [2.05, 4.69) is 0 Å². The van der Waals surface area contributed by atoms with E-state index in [4.69, 9.17) is 4.74 Å². The Hall–Kier alpha value is -1.88. The highest BCUT2D eigenvalue weighted by molar-refractivity contribution is 5.49. The maximum absolute atomic E-state index is 11.6. The smallest absolute Gasteiger partial charge is 0.126 e. The van der Waals surface area contributed by atoms with Crippen LogP contribution in [0.1, 0.15) is 23.1 Å². The number of aliphatic hydroxyl groups is 2. The molecule has 0 spiro atoms. The number of rotatable bonds is 4. The van der Waals surface area contributed by atoms with Crippen molar-refractivity contribution >= 4 is 0 Å². The van der Waals surface area contributed by atoms with Crippen LogP contribution in [0.4, 0.5) is 0 Å². The molecule has 0 saturated heterocycles. The van der Waals surface area contributed by atoms with E-state index < -0.39 is 11.7 Å². The minimum atomic E-state index is -1.26. The Morgan fingerprint density at radius 2 is 1.74 bits per heavy atom. The van der Waals surface area contributed by atoms with E-state index in [0.29, 0.717) is 24.5 Å². The van der Waals surface area contributed by atoms with Gasteiger partial charge in [0.2, 0.25) is 0 Å². The first-order chi connectivity index (χ1) is 11.0. The van der Waals surface area contributed by atoms with Gasteiger partial charge in [0.25, 0.3) is 0 Å². The van der Waals surface area contributed by atoms with Crippen LogP contribution in [0, 0.1) is 0 Å². The summed E-state index contributed by atoms with van der Waals surface area (Å²) in [5.41, 5.74) is 1.20. The lowest BCUT2D eigenvalue weighted by atomic mass is 9.80. The van der Waals surface area contributed by atoms with E-state index in [9.17, 15) is 10.2 Å². The van der Waals surface area contributed by atoms with Crippen LogP contribution in [0.5, 0.6) is 5.75 Å². The molecule has 1 heterocycles. The highest BCUT2D eigenvalue weighted by Gasteiger charge is 2.39. The number of benzene rings is 2. The fourth-order valence-electron chi connectivity index (χ4n) is 3.33. The minimum absolute atomic E-state index is 0.225. The minimum Gasteiger partial charge on any atom is -0.488 e. The Balaban J connectivity index is 2.09. The molecule has 2 unspecified atom stereocenters. The highest BCUT2D eigenvalue weighted by Crippen LogP contribution is 2.43. The molecule has 23 heavy (non-hydrogen) atoms. The molecule has 4 nitrogen and oxygen atoms in total. The molecule has 0 fully saturated rings. The van der Waals surface area contributed by atoms with Crippen molar-refractivity contribution in [3.63, 3.8) is 0 Å². The van der Waals surface area contributed by atoms with E-state index in [1.165, 1.54) is 0 Å². The second kappa shape index (κ2) is 6.32. The second-order valence-corrected chi connectivity index (χ2v) is 6.42. The summed E-state index contributed by atoms with van der Waals surface area (Å²) in [5, 5.41) is 22.0. The lowest BCUT2D eigenvalue weighted by Gasteiger charge is -2.32. The Kier molecular flexibility index (Phi) is 4.39. The number of ether oxygens (including phenoxy) is 1. The van der Waals surface area contributed by atoms with Crippen LogP contribution in [0.2, 0.25) is 0 Å². The molecule has 3 rings (SSSR count). The standard InChI is InChI=1S/C19H23NO3/c1-20(2)12-15(21)11-19(22)16-8-4-3-7-14(16)13-23-18-10-6-5-9-17(18)19/h3-10,15,21-22H,11-13H2,1-2H3. The van der Waals surface area contributed by atoms with Gasteiger partial charge in [0.15, 0.2) is 0 Å². The Labute approximate surface area is 136 Å². The van der Waals surface area contributed by atoms with Gasteiger partial charge in [-0.25, -0.2) is 0 Å². The summed E-state index contributed by atoms with van der Waals surface area (Å²) in [7, 11) is 3.82. The normalized spacial score (nSPS) is 21.1. The van der Waals surface area contributed by atoms with Crippen LogP contribution in [0.15, 0.2) is 48.5 Å².